The van der Waals surface area contributed by atoms with Crippen molar-refractivity contribution in [1.29, 1.82) is 0 Å². The van der Waals surface area contributed by atoms with E-state index in [9.17, 15) is 0 Å². The minimum Gasteiger partial charge on any atom is -0.399 e. The number of benzene rings is 1. The van der Waals surface area contributed by atoms with Crippen molar-refractivity contribution in [2.24, 2.45) is 0 Å². The number of nitrogens with one attached hydrogen (secondary N) is 2. The normalized spacial score (nSPS) is 10.2. The van der Waals surface area contributed by atoms with Crippen molar-refractivity contribution in [3.8, 4) is 0 Å². The maximum Gasteiger partial charge on any atom is 0.155 e. The number of hydrogen-bond acceptors (Lipinski definition) is 4. The Labute approximate surface area is 138 Å². The molecule has 2 aromatic rings. The first-order chi connectivity index (χ1) is 9.24. The molecule has 0 aliphatic rings. The van der Waals surface area contributed by atoms with E-state index in [2.05, 4.69) is 34.3 Å². The highest BCUT2D eigenvalue weighted by atomic mass is 35.5. The molecule has 0 saturated heterocycles. The molecule has 21 heavy (non-hydrogen) atoms. The van der Waals surface area contributed by atoms with E-state index >= 15 is 0 Å². The summed E-state index contributed by atoms with van der Waals surface area (Å²) in [5.41, 5.74) is 7.58. The van der Waals surface area contributed by atoms with E-state index in [1.807, 2.05) is 18.2 Å². The van der Waals surface area contributed by atoms with Gasteiger partial charge in [0, 0.05) is 17.6 Å². The molecule has 0 fully saturated rings. The van der Waals surface area contributed by atoms with Crippen LogP contribution in [0.5, 0.6) is 0 Å². The molecule has 0 radical (unpaired) electrons. The molecular weight excluding hydrogens is 309 g/mol. The van der Waals surface area contributed by atoms with Gasteiger partial charge >= 0.3 is 0 Å². The van der Waals surface area contributed by atoms with E-state index in [1.165, 1.54) is 0 Å². The van der Waals surface area contributed by atoms with Crippen LogP contribution in [0.1, 0.15) is 20.3 Å². The van der Waals surface area contributed by atoms with Crippen LogP contribution in [0.3, 0.4) is 0 Å². The maximum atomic E-state index is 5.81. The first-order valence-corrected chi connectivity index (χ1v) is 6.94. The number of anilines is 2. The first-order valence-electron chi connectivity index (χ1n) is 6.94. The predicted molar refractivity (Wildman–Crippen MR) is 95.9 cm³/mol. The molecule has 0 atom stereocenters. The van der Waals surface area contributed by atoms with E-state index in [0.29, 0.717) is 0 Å². The first kappa shape index (κ1) is 19.8. The highest BCUT2D eigenvalue weighted by molar-refractivity contribution is 5.91. The van der Waals surface area contributed by atoms with Gasteiger partial charge in [0.2, 0.25) is 0 Å². The molecule has 0 aliphatic heterocycles. The van der Waals surface area contributed by atoms with Gasteiger partial charge in [-0.1, -0.05) is 13.8 Å². The zero-order chi connectivity index (χ0) is 13.7. The lowest BCUT2D eigenvalue weighted by molar-refractivity contribution is 0.303. The standard InChI is InChI=1S/C14H23N5.2ClH/c1-3-19(4-2)9-5-8-16-14-12-10-11(15)6-7-13(12)17-18-14;;/h6-7,10H,3-5,8-9,15H2,1-2H3,(H2,16,17,18);2*1H. The molecule has 0 saturated carbocycles. The maximum absolute atomic E-state index is 5.81. The van der Waals surface area contributed by atoms with Crippen LogP contribution >= 0.6 is 24.8 Å². The Kier molecular flexibility index (Phi) is 9.17. The van der Waals surface area contributed by atoms with Crippen LogP contribution in [-0.2, 0) is 0 Å². The molecule has 0 bridgehead atoms. The van der Waals surface area contributed by atoms with Crippen LogP contribution < -0.4 is 11.1 Å². The minimum absolute atomic E-state index is 0. The van der Waals surface area contributed by atoms with Gasteiger partial charge in [-0.25, -0.2) is 0 Å². The Morgan fingerprint density at radius 2 is 1.95 bits per heavy atom. The Morgan fingerprint density at radius 1 is 1.24 bits per heavy atom. The number of nitrogens with two attached hydrogens (primary N) is 1. The van der Waals surface area contributed by atoms with Crippen molar-refractivity contribution in [3.63, 3.8) is 0 Å². The second-order valence-corrected chi connectivity index (χ2v) is 4.68. The second-order valence-electron chi connectivity index (χ2n) is 4.68. The second kappa shape index (κ2) is 9.71. The number of halogens is 2. The van der Waals surface area contributed by atoms with Gasteiger partial charge in [0.05, 0.1) is 5.52 Å². The van der Waals surface area contributed by atoms with Gasteiger partial charge in [0.1, 0.15) is 0 Å². The smallest absolute Gasteiger partial charge is 0.155 e. The highest BCUT2D eigenvalue weighted by Gasteiger charge is 2.05. The molecule has 1 heterocycles. The lowest BCUT2D eigenvalue weighted by Gasteiger charge is -2.17. The van der Waals surface area contributed by atoms with Crippen LogP contribution in [0.25, 0.3) is 10.9 Å². The minimum atomic E-state index is 0. The molecule has 120 valence electrons. The summed E-state index contributed by atoms with van der Waals surface area (Å²) in [5, 5.41) is 11.7. The van der Waals surface area contributed by atoms with E-state index in [4.69, 9.17) is 5.73 Å². The fraction of sp³-hybridized carbons (Fsp3) is 0.500. The van der Waals surface area contributed by atoms with E-state index in [-0.39, 0.29) is 24.8 Å². The number of aromatic nitrogens is 2. The largest absolute Gasteiger partial charge is 0.399 e. The molecule has 0 spiro atoms. The quantitative estimate of drug-likeness (QED) is 0.537. The summed E-state index contributed by atoms with van der Waals surface area (Å²) >= 11 is 0. The number of rotatable bonds is 7. The van der Waals surface area contributed by atoms with Crippen LogP contribution in [-0.4, -0.2) is 41.3 Å². The number of nitrogen functional groups attached to an aromatic ring is 1. The number of fused-ring (bicyclic) bond motifs is 1. The summed E-state index contributed by atoms with van der Waals surface area (Å²) in [6.07, 6.45) is 1.11. The van der Waals surface area contributed by atoms with Crippen LogP contribution in [0.15, 0.2) is 18.2 Å². The number of H-pyrrole nitrogens is 1. The van der Waals surface area contributed by atoms with Gasteiger partial charge in [-0.3, -0.25) is 5.10 Å². The zero-order valence-electron chi connectivity index (χ0n) is 12.6. The Hall–Kier alpha value is -1.17. The van der Waals surface area contributed by atoms with Gasteiger partial charge in [0.15, 0.2) is 5.82 Å². The van der Waals surface area contributed by atoms with Gasteiger partial charge in [-0.2, -0.15) is 5.10 Å². The molecule has 0 unspecified atom stereocenters. The van der Waals surface area contributed by atoms with Crippen molar-refractivity contribution in [2.45, 2.75) is 20.3 Å². The molecule has 0 amide bonds. The lowest BCUT2D eigenvalue weighted by Crippen LogP contribution is -2.25. The Morgan fingerprint density at radius 3 is 2.62 bits per heavy atom. The molecule has 2 rings (SSSR count). The average Bonchev–Trinajstić information content (AvgIpc) is 2.81. The summed E-state index contributed by atoms with van der Waals surface area (Å²) in [5.74, 6) is 0.891. The zero-order valence-corrected chi connectivity index (χ0v) is 14.2. The summed E-state index contributed by atoms with van der Waals surface area (Å²) in [4.78, 5) is 2.42. The lowest BCUT2D eigenvalue weighted by atomic mass is 10.2. The molecular formula is C14H25Cl2N5. The Balaban J connectivity index is 0.00000200. The van der Waals surface area contributed by atoms with Crippen molar-refractivity contribution in [1.82, 2.24) is 15.1 Å². The fourth-order valence-corrected chi connectivity index (χ4v) is 2.22. The number of hydrogen-bond donors (Lipinski definition) is 3. The van der Waals surface area contributed by atoms with E-state index in [0.717, 1.165) is 55.0 Å². The van der Waals surface area contributed by atoms with Crippen molar-refractivity contribution >= 4 is 47.2 Å². The third-order valence-corrected chi connectivity index (χ3v) is 3.42. The summed E-state index contributed by atoms with van der Waals surface area (Å²) < 4.78 is 0. The van der Waals surface area contributed by atoms with Gasteiger partial charge in [0.25, 0.3) is 0 Å². The monoisotopic (exact) mass is 333 g/mol. The molecule has 4 N–H and O–H groups in total. The highest BCUT2D eigenvalue weighted by Crippen LogP contribution is 2.22. The average molecular weight is 334 g/mol. The summed E-state index contributed by atoms with van der Waals surface area (Å²) in [6.45, 7) is 8.65. The SMILES string of the molecule is CCN(CC)CCCNc1n[nH]c2ccc(N)cc12.Cl.Cl. The van der Waals surface area contributed by atoms with Gasteiger partial charge in [-0.05, 0) is 44.3 Å². The molecule has 5 nitrogen and oxygen atoms in total. The number of aromatic amines is 1. The third-order valence-electron chi connectivity index (χ3n) is 3.42. The molecule has 1 aromatic heterocycles. The summed E-state index contributed by atoms with van der Waals surface area (Å²) in [7, 11) is 0. The predicted octanol–water partition coefficient (Wildman–Crippen LogP) is 3.13. The van der Waals surface area contributed by atoms with E-state index in [1.54, 1.807) is 0 Å². The van der Waals surface area contributed by atoms with Crippen molar-refractivity contribution < 1.29 is 0 Å². The van der Waals surface area contributed by atoms with Crippen LogP contribution in [0.4, 0.5) is 11.5 Å². The van der Waals surface area contributed by atoms with Crippen LogP contribution in [0, 0.1) is 0 Å². The molecule has 7 heteroatoms. The van der Waals surface area contributed by atoms with Crippen molar-refractivity contribution in [2.75, 3.05) is 37.2 Å². The Bertz CT molecular complexity index is 525. The van der Waals surface area contributed by atoms with E-state index < -0.39 is 0 Å². The molecule has 0 aliphatic carbocycles. The topological polar surface area (TPSA) is 70.0 Å². The summed E-state index contributed by atoms with van der Waals surface area (Å²) in [6, 6.07) is 5.79. The third kappa shape index (κ3) is 5.26. The van der Waals surface area contributed by atoms with Crippen molar-refractivity contribution in [3.05, 3.63) is 18.2 Å². The number of nitrogens with zero attached hydrogens (tertiary/aromatic N) is 2. The van der Waals surface area contributed by atoms with Gasteiger partial charge < -0.3 is 16.0 Å². The molecule has 1 aromatic carbocycles. The van der Waals surface area contributed by atoms with Gasteiger partial charge in [-0.15, -0.1) is 24.8 Å². The van der Waals surface area contributed by atoms with Crippen LogP contribution in [0.2, 0.25) is 0 Å². The fourth-order valence-electron chi connectivity index (χ4n) is 2.22.